The first-order valence-corrected chi connectivity index (χ1v) is 10.3. The molecule has 7 heteroatoms. The summed E-state index contributed by atoms with van der Waals surface area (Å²) < 4.78 is 8.25. The third-order valence-electron chi connectivity index (χ3n) is 4.76. The van der Waals surface area contributed by atoms with Crippen LogP contribution in [0.1, 0.15) is 28.5 Å². The lowest BCUT2D eigenvalue weighted by atomic mass is 10.2. The fraction of sp³-hybridized carbons (Fsp3) is 0.227. The predicted octanol–water partition coefficient (Wildman–Crippen LogP) is 4.68. The zero-order chi connectivity index (χ0) is 20.4. The van der Waals surface area contributed by atoms with Crippen LogP contribution in [-0.4, -0.2) is 27.8 Å². The molecule has 4 aromatic rings. The van der Waals surface area contributed by atoms with Crippen LogP contribution in [0.2, 0.25) is 0 Å². The van der Waals surface area contributed by atoms with Crippen LogP contribution in [0.15, 0.2) is 54.7 Å². The number of methoxy groups -OCH3 is 1. The summed E-state index contributed by atoms with van der Waals surface area (Å²) >= 11 is 1.50. The molecule has 2 heterocycles. The van der Waals surface area contributed by atoms with Crippen LogP contribution in [-0.2, 0) is 13.1 Å². The van der Waals surface area contributed by atoms with Gasteiger partial charge in [-0.1, -0.05) is 47.7 Å². The van der Waals surface area contributed by atoms with Crippen LogP contribution in [0, 0.1) is 6.92 Å². The van der Waals surface area contributed by atoms with E-state index in [-0.39, 0.29) is 5.91 Å². The maximum absolute atomic E-state index is 13.4. The number of fused-ring (bicyclic) bond motifs is 1. The average Bonchev–Trinajstić information content (AvgIpc) is 3.40. The highest BCUT2D eigenvalue weighted by molar-refractivity contribution is 7.22. The molecule has 29 heavy (non-hydrogen) atoms. The number of amides is 1. The minimum atomic E-state index is -0.170. The number of benzene rings is 2. The summed E-state index contributed by atoms with van der Waals surface area (Å²) in [5.41, 5.74) is 3.31. The van der Waals surface area contributed by atoms with Gasteiger partial charge in [0.2, 0.25) is 0 Å². The van der Waals surface area contributed by atoms with Crippen LogP contribution in [0.4, 0.5) is 5.13 Å². The predicted molar refractivity (Wildman–Crippen MR) is 116 cm³/mol. The zero-order valence-corrected chi connectivity index (χ0v) is 17.4. The Morgan fingerprint density at radius 3 is 2.66 bits per heavy atom. The van der Waals surface area contributed by atoms with Crippen molar-refractivity contribution in [2.24, 2.45) is 0 Å². The van der Waals surface area contributed by atoms with Crippen molar-refractivity contribution in [1.82, 2.24) is 14.8 Å². The molecule has 0 aliphatic carbocycles. The van der Waals surface area contributed by atoms with Gasteiger partial charge in [-0.05, 0) is 37.1 Å². The normalized spacial score (nSPS) is 11.0. The molecule has 0 saturated heterocycles. The minimum absolute atomic E-state index is 0.170. The first-order valence-electron chi connectivity index (χ1n) is 9.44. The molecular weight excluding hydrogens is 384 g/mol. The summed E-state index contributed by atoms with van der Waals surface area (Å²) in [4.78, 5) is 19.9. The largest absolute Gasteiger partial charge is 0.494 e. The average molecular weight is 407 g/mol. The van der Waals surface area contributed by atoms with Gasteiger partial charge in [0, 0.05) is 12.7 Å². The van der Waals surface area contributed by atoms with Crippen molar-refractivity contribution in [3.05, 3.63) is 71.5 Å². The number of aromatic nitrogens is 3. The molecule has 2 aromatic carbocycles. The molecule has 0 aliphatic heterocycles. The first-order chi connectivity index (χ1) is 14.1. The summed E-state index contributed by atoms with van der Waals surface area (Å²) in [6, 6.07) is 15.6. The molecule has 0 aliphatic rings. The van der Waals surface area contributed by atoms with E-state index < -0.39 is 0 Å². The highest BCUT2D eigenvalue weighted by Gasteiger charge is 2.24. The Bertz CT molecular complexity index is 1150. The number of carbonyl (C=O) groups is 1. The van der Waals surface area contributed by atoms with E-state index in [4.69, 9.17) is 9.72 Å². The van der Waals surface area contributed by atoms with Crippen LogP contribution in [0.5, 0.6) is 5.75 Å². The SMILES string of the molecule is CCn1ccc(C(=O)N(Cc2ccccc2)c2nc3c(OC)ccc(C)c3s2)n1. The van der Waals surface area contributed by atoms with E-state index in [9.17, 15) is 4.79 Å². The van der Waals surface area contributed by atoms with Crippen LogP contribution in [0.3, 0.4) is 0 Å². The molecule has 0 N–H and O–H groups in total. The van der Waals surface area contributed by atoms with Crippen molar-refractivity contribution in [2.45, 2.75) is 26.9 Å². The van der Waals surface area contributed by atoms with Crippen molar-refractivity contribution in [1.29, 1.82) is 0 Å². The topological polar surface area (TPSA) is 60.2 Å². The van der Waals surface area contributed by atoms with Crippen LogP contribution >= 0.6 is 11.3 Å². The summed E-state index contributed by atoms with van der Waals surface area (Å²) in [6.45, 7) is 5.16. The number of thiazole rings is 1. The lowest BCUT2D eigenvalue weighted by molar-refractivity contribution is 0.0979. The smallest absolute Gasteiger partial charge is 0.280 e. The van der Waals surface area contributed by atoms with Gasteiger partial charge < -0.3 is 4.74 Å². The number of carbonyl (C=O) groups excluding carboxylic acids is 1. The molecule has 1 amide bonds. The molecule has 0 saturated carbocycles. The van der Waals surface area contributed by atoms with Gasteiger partial charge in [0.15, 0.2) is 10.8 Å². The Labute approximate surface area is 173 Å². The Hall–Kier alpha value is -3.19. The second-order valence-corrected chi connectivity index (χ2v) is 7.67. The van der Waals surface area contributed by atoms with Gasteiger partial charge in [-0.2, -0.15) is 5.10 Å². The molecule has 0 spiro atoms. The van der Waals surface area contributed by atoms with E-state index in [1.54, 1.807) is 22.8 Å². The lowest BCUT2D eigenvalue weighted by Gasteiger charge is -2.19. The Morgan fingerprint density at radius 2 is 1.97 bits per heavy atom. The molecule has 148 valence electrons. The number of aryl methyl sites for hydroxylation is 2. The Morgan fingerprint density at radius 1 is 1.17 bits per heavy atom. The summed E-state index contributed by atoms with van der Waals surface area (Å²) in [5.74, 6) is 0.534. The number of ether oxygens (including phenoxy) is 1. The van der Waals surface area contributed by atoms with Crippen molar-refractivity contribution < 1.29 is 9.53 Å². The quantitative estimate of drug-likeness (QED) is 0.467. The maximum atomic E-state index is 13.4. The van der Waals surface area contributed by atoms with Gasteiger partial charge in [-0.3, -0.25) is 14.4 Å². The van der Waals surface area contributed by atoms with Crippen LogP contribution in [0.25, 0.3) is 10.2 Å². The molecule has 0 bridgehead atoms. The van der Waals surface area contributed by atoms with E-state index in [1.807, 2.05) is 62.5 Å². The van der Waals surface area contributed by atoms with Gasteiger partial charge >= 0.3 is 0 Å². The van der Waals surface area contributed by atoms with E-state index in [1.165, 1.54) is 11.3 Å². The maximum Gasteiger partial charge on any atom is 0.280 e. The number of hydrogen-bond donors (Lipinski definition) is 0. The van der Waals surface area contributed by atoms with Crippen LogP contribution < -0.4 is 9.64 Å². The van der Waals surface area contributed by atoms with Crippen molar-refractivity contribution in [2.75, 3.05) is 12.0 Å². The van der Waals surface area contributed by atoms with E-state index >= 15 is 0 Å². The number of hydrogen-bond acceptors (Lipinski definition) is 5. The van der Waals surface area contributed by atoms with Crippen molar-refractivity contribution in [3.8, 4) is 5.75 Å². The molecule has 0 atom stereocenters. The lowest BCUT2D eigenvalue weighted by Crippen LogP contribution is -2.30. The molecule has 0 radical (unpaired) electrons. The second-order valence-electron chi connectivity index (χ2n) is 6.69. The zero-order valence-electron chi connectivity index (χ0n) is 16.6. The molecule has 0 fully saturated rings. The summed E-state index contributed by atoms with van der Waals surface area (Å²) in [6.07, 6.45) is 1.82. The molecular formula is C22H22N4O2S. The Balaban J connectivity index is 1.80. The van der Waals surface area contributed by atoms with Gasteiger partial charge in [0.05, 0.1) is 18.4 Å². The second kappa shape index (κ2) is 8.05. The molecule has 2 aromatic heterocycles. The highest BCUT2D eigenvalue weighted by atomic mass is 32.1. The van der Waals surface area contributed by atoms with Crippen molar-refractivity contribution >= 4 is 32.6 Å². The summed E-state index contributed by atoms with van der Waals surface area (Å²) in [5, 5.41) is 5.03. The fourth-order valence-corrected chi connectivity index (χ4v) is 4.21. The van der Waals surface area contributed by atoms with E-state index in [0.29, 0.717) is 29.7 Å². The standard InChI is InChI=1S/C22H22N4O2S/c1-4-25-13-12-17(24-25)21(27)26(14-16-8-6-5-7-9-16)22-23-19-18(28-3)11-10-15(2)20(19)29-22/h5-13H,4,14H2,1-3H3. The molecule has 4 rings (SSSR count). The molecule has 0 unspecified atom stereocenters. The highest BCUT2D eigenvalue weighted by Crippen LogP contribution is 2.37. The Kier molecular flexibility index (Phi) is 5.31. The van der Waals surface area contributed by atoms with Gasteiger partial charge in [0.1, 0.15) is 11.3 Å². The molecule has 6 nitrogen and oxygen atoms in total. The first kappa shape index (κ1) is 19.1. The third-order valence-corrected chi connectivity index (χ3v) is 5.97. The number of anilines is 1. The summed E-state index contributed by atoms with van der Waals surface area (Å²) in [7, 11) is 1.63. The number of rotatable bonds is 6. The van der Waals surface area contributed by atoms with Crippen molar-refractivity contribution in [3.63, 3.8) is 0 Å². The monoisotopic (exact) mass is 406 g/mol. The van der Waals surface area contributed by atoms with Gasteiger partial charge in [-0.25, -0.2) is 4.98 Å². The third kappa shape index (κ3) is 3.73. The fourth-order valence-electron chi connectivity index (χ4n) is 3.16. The van der Waals surface area contributed by atoms with Gasteiger partial charge in [-0.15, -0.1) is 0 Å². The van der Waals surface area contributed by atoms with Gasteiger partial charge in [0.25, 0.3) is 5.91 Å². The van der Waals surface area contributed by atoms with E-state index in [0.717, 1.165) is 21.3 Å². The van der Waals surface area contributed by atoms with E-state index in [2.05, 4.69) is 5.10 Å². The number of nitrogens with zero attached hydrogens (tertiary/aromatic N) is 4. The minimum Gasteiger partial charge on any atom is -0.494 e.